The Balaban J connectivity index is 1.67. The summed E-state index contributed by atoms with van der Waals surface area (Å²) < 4.78 is 5.80. The molecule has 3 atom stereocenters. The van der Waals surface area contributed by atoms with E-state index < -0.39 is 0 Å². The second-order valence-electron chi connectivity index (χ2n) is 6.48. The van der Waals surface area contributed by atoms with Crippen molar-refractivity contribution < 1.29 is 9.53 Å². The Morgan fingerprint density at radius 2 is 2.29 bits per heavy atom. The number of carbonyl (C=O) groups is 1. The van der Waals surface area contributed by atoms with Gasteiger partial charge in [0.15, 0.2) is 0 Å². The van der Waals surface area contributed by atoms with Crippen molar-refractivity contribution in [2.75, 3.05) is 18.5 Å². The molecular formula is C16H23N3O2. The average Bonchev–Trinajstić information content (AvgIpc) is 2.92. The predicted octanol–water partition coefficient (Wildman–Crippen LogP) is 2.06. The Kier molecular flexibility index (Phi) is 3.61. The van der Waals surface area contributed by atoms with E-state index in [9.17, 15) is 4.79 Å². The number of anilines is 1. The van der Waals surface area contributed by atoms with Crippen molar-refractivity contribution in [1.82, 2.24) is 10.3 Å². The Labute approximate surface area is 125 Å². The summed E-state index contributed by atoms with van der Waals surface area (Å²) in [5.74, 6) is 1.32. The molecule has 2 aliphatic rings. The lowest BCUT2D eigenvalue weighted by Gasteiger charge is -2.54. The average molecular weight is 289 g/mol. The van der Waals surface area contributed by atoms with Crippen molar-refractivity contribution in [3.8, 4) is 0 Å². The van der Waals surface area contributed by atoms with Crippen molar-refractivity contribution in [3.63, 3.8) is 0 Å². The second-order valence-corrected chi connectivity index (χ2v) is 6.48. The predicted molar refractivity (Wildman–Crippen MR) is 81.3 cm³/mol. The summed E-state index contributed by atoms with van der Waals surface area (Å²) in [6.07, 6.45) is 3.11. The highest BCUT2D eigenvalue weighted by molar-refractivity contribution is 5.93. The zero-order valence-electron chi connectivity index (χ0n) is 12.8. The molecule has 0 bridgehead atoms. The SMILES string of the molecule is CCNC(=O)c1ccc(N[C@@H]2[C@@H]3CCO[C@H]3C2(C)C)nc1. The quantitative estimate of drug-likeness (QED) is 0.890. The zero-order chi connectivity index (χ0) is 15.0. The number of amides is 1. The van der Waals surface area contributed by atoms with Crippen LogP contribution in [0, 0.1) is 11.3 Å². The van der Waals surface area contributed by atoms with E-state index in [2.05, 4.69) is 29.5 Å². The van der Waals surface area contributed by atoms with Crippen LogP contribution in [0.3, 0.4) is 0 Å². The lowest BCUT2D eigenvalue weighted by molar-refractivity contribution is -0.0924. The van der Waals surface area contributed by atoms with E-state index in [-0.39, 0.29) is 11.3 Å². The van der Waals surface area contributed by atoms with Crippen LogP contribution in [0.5, 0.6) is 0 Å². The van der Waals surface area contributed by atoms with Crippen molar-refractivity contribution >= 4 is 11.7 Å². The number of hydrogen-bond donors (Lipinski definition) is 2. The summed E-state index contributed by atoms with van der Waals surface area (Å²) in [5, 5.41) is 6.29. The van der Waals surface area contributed by atoms with Crippen LogP contribution in [-0.4, -0.2) is 36.2 Å². The Bertz CT molecular complexity index is 527. The summed E-state index contributed by atoms with van der Waals surface area (Å²) in [6.45, 7) is 7.86. The highest BCUT2D eigenvalue weighted by atomic mass is 16.5. The molecule has 2 N–H and O–H groups in total. The largest absolute Gasteiger partial charge is 0.377 e. The Morgan fingerprint density at radius 3 is 2.95 bits per heavy atom. The lowest BCUT2D eigenvalue weighted by Crippen LogP contribution is -2.63. The van der Waals surface area contributed by atoms with Gasteiger partial charge in [0.2, 0.25) is 0 Å². The molecule has 1 aliphatic carbocycles. The van der Waals surface area contributed by atoms with Crippen LogP contribution in [0.1, 0.15) is 37.6 Å². The molecule has 0 radical (unpaired) electrons. The van der Waals surface area contributed by atoms with Crippen LogP contribution in [0.4, 0.5) is 5.82 Å². The van der Waals surface area contributed by atoms with E-state index in [1.165, 1.54) is 0 Å². The number of nitrogens with one attached hydrogen (secondary N) is 2. The van der Waals surface area contributed by atoms with E-state index in [1.807, 2.05) is 19.1 Å². The molecule has 1 aromatic rings. The summed E-state index contributed by atoms with van der Waals surface area (Å²) >= 11 is 0. The van der Waals surface area contributed by atoms with Crippen LogP contribution < -0.4 is 10.6 Å². The smallest absolute Gasteiger partial charge is 0.252 e. The number of rotatable bonds is 4. The fourth-order valence-electron chi connectivity index (χ4n) is 3.65. The van der Waals surface area contributed by atoms with Crippen molar-refractivity contribution in [2.45, 2.75) is 39.3 Å². The zero-order valence-corrected chi connectivity index (χ0v) is 12.8. The third kappa shape index (κ3) is 2.39. The van der Waals surface area contributed by atoms with Crippen molar-refractivity contribution in [3.05, 3.63) is 23.9 Å². The summed E-state index contributed by atoms with van der Waals surface area (Å²) in [6, 6.07) is 4.08. The van der Waals surface area contributed by atoms with Gasteiger partial charge in [-0.25, -0.2) is 4.98 Å². The minimum absolute atomic E-state index is 0.0789. The van der Waals surface area contributed by atoms with E-state index in [0.717, 1.165) is 18.8 Å². The maximum atomic E-state index is 11.7. The number of carbonyl (C=O) groups excluding carboxylic acids is 1. The first-order chi connectivity index (χ1) is 10.0. The second kappa shape index (κ2) is 5.30. The van der Waals surface area contributed by atoms with Gasteiger partial charge in [-0.1, -0.05) is 13.8 Å². The first-order valence-corrected chi connectivity index (χ1v) is 7.66. The molecule has 5 heteroatoms. The highest BCUT2D eigenvalue weighted by Gasteiger charge is 2.59. The molecule has 1 aromatic heterocycles. The number of ether oxygens (including phenoxy) is 1. The van der Waals surface area contributed by atoms with Gasteiger partial charge < -0.3 is 15.4 Å². The summed E-state index contributed by atoms with van der Waals surface area (Å²) in [5.41, 5.74) is 0.721. The molecule has 0 spiro atoms. The van der Waals surface area contributed by atoms with Crippen molar-refractivity contribution in [1.29, 1.82) is 0 Å². The first kappa shape index (κ1) is 14.3. The first-order valence-electron chi connectivity index (χ1n) is 7.66. The van der Waals surface area contributed by atoms with Crippen LogP contribution in [0.15, 0.2) is 18.3 Å². The van der Waals surface area contributed by atoms with Gasteiger partial charge in [-0.05, 0) is 25.5 Å². The standard InChI is InChI=1S/C16H23N3O2/c1-4-17-15(20)10-5-6-12(18-9-10)19-13-11-7-8-21-14(11)16(13,2)3/h5-6,9,11,13-14H,4,7-8H2,1-3H3,(H,17,20)(H,18,19)/t11-,13+,14+/m0/s1. The molecule has 2 fully saturated rings. The molecule has 21 heavy (non-hydrogen) atoms. The minimum Gasteiger partial charge on any atom is -0.377 e. The van der Waals surface area contributed by atoms with Gasteiger partial charge in [0.05, 0.1) is 11.7 Å². The highest BCUT2D eigenvalue weighted by Crippen LogP contribution is 2.53. The van der Waals surface area contributed by atoms with Crippen LogP contribution >= 0.6 is 0 Å². The minimum atomic E-state index is -0.0789. The molecule has 0 unspecified atom stereocenters. The number of aromatic nitrogens is 1. The molecule has 0 aromatic carbocycles. The van der Waals surface area contributed by atoms with Gasteiger partial charge in [0, 0.05) is 36.7 Å². The molecule has 1 saturated heterocycles. The van der Waals surface area contributed by atoms with Crippen LogP contribution in [-0.2, 0) is 4.74 Å². The van der Waals surface area contributed by atoms with Gasteiger partial charge in [0.25, 0.3) is 5.91 Å². The van der Waals surface area contributed by atoms with E-state index in [0.29, 0.717) is 30.2 Å². The Morgan fingerprint density at radius 1 is 1.48 bits per heavy atom. The van der Waals surface area contributed by atoms with E-state index in [1.54, 1.807) is 6.20 Å². The maximum absolute atomic E-state index is 11.7. The summed E-state index contributed by atoms with van der Waals surface area (Å²) in [4.78, 5) is 16.1. The molecule has 1 saturated carbocycles. The van der Waals surface area contributed by atoms with Gasteiger partial charge in [-0.3, -0.25) is 4.79 Å². The third-order valence-electron chi connectivity index (χ3n) is 4.77. The molecular weight excluding hydrogens is 266 g/mol. The number of nitrogens with zero attached hydrogens (tertiary/aromatic N) is 1. The summed E-state index contributed by atoms with van der Waals surface area (Å²) in [7, 11) is 0. The topological polar surface area (TPSA) is 63.2 Å². The number of fused-ring (bicyclic) bond motifs is 1. The van der Waals surface area contributed by atoms with E-state index >= 15 is 0 Å². The van der Waals surface area contributed by atoms with Gasteiger partial charge in [0.1, 0.15) is 5.82 Å². The number of hydrogen-bond acceptors (Lipinski definition) is 4. The lowest BCUT2D eigenvalue weighted by atomic mass is 9.57. The van der Waals surface area contributed by atoms with Crippen molar-refractivity contribution in [2.24, 2.45) is 11.3 Å². The number of pyridine rings is 1. The van der Waals surface area contributed by atoms with Gasteiger partial charge in [-0.15, -0.1) is 0 Å². The molecule has 5 nitrogen and oxygen atoms in total. The molecule has 3 rings (SSSR count). The fraction of sp³-hybridized carbons (Fsp3) is 0.625. The third-order valence-corrected chi connectivity index (χ3v) is 4.77. The Hall–Kier alpha value is -1.62. The fourth-order valence-corrected chi connectivity index (χ4v) is 3.65. The normalized spacial score (nSPS) is 29.4. The molecule has 2 heterocycles. The molecule has 114 valence electrons. The van der Waals surface area contributed by atoms with Crippen LogP contribution in [0.25, 0.3) is 0 Å². The maximum Gasteiger partial charge on any atom is 0.252 e. The monoisotopic (exact) mass is 289 g/mol. The van der Waals surface area contributed by atoms with E-state index in [4.69, 9.17) is 4.74 Å². The van der Waals surface area contributed by atoms with Gasteiger partial charge >= 0.3 is 0 Å². The van der Waals surface area contributed by atoms with Crippen LogP contribution in [0.2, 0.25) is 0 Å². The van der Waals surface area contributed by atoms with Gasteiger partial charge in [-0.2, -0.15) is 0 Å². The molecule has 1 amide bonds. The molecule has 1 aliphatic heterocycles.